The van der Waals surface area contributed by atoms with Crippen molar-refractivity contribution in [3.8, 4) is 0 Å². The number of benzene rings is 1. The van der Waals surface area contributed by atoms with Crippen LogP contribution in [0.4, 0.5) is 10.5 Å². The van der Waals surface area contributed by atoms with Gasteiger partial charge in [0, 0.05) is 11.7 Å². The highest BCUT2D eigenvalue weighted by molar-refractivity contribution is 5.86. The molecule has 94 valence electrons. The van der Waals surface area contributed by atoms with Crippen LogP contribution in [0.15, 0.2) is 24.3 Å². The van der Waals surface area contributed by atoms with Crippen LogP contribution in [0, 0.1) is 0 Å². The molecule has 0 bridgehead atoms. The van der Waals surface area contributed by atoms with Crippen molar-refractivity contribution in [3.05, 3.63) is 29.8 Å². The molecule has 0 fully saturated rings. The summed E-state index contributed by atoms with van der Waals surface area (Å²) in [7, 11) is 0. The molecule has 0 aliphatic rings. The lowest BCUT2D eigenvalue weighted by Crippen LogP contribution is -2.27. The predicted molar refractivity (Wildman–Crippen MR) is 68.9 cm³/mol. The van der Waals surface area contributed by atoms with Gasteiger partial charge in [0.05, 0.1) is 0 Å². The Labute approximate surface area is 102 Å². The van der Waals surface area contributed by atoms with E-state index in [0.29, 0.717) is 5.69 Å². The molecule has 0 aromatic heterocycles. The normalized spacial score (nSPS) is 13.0. The van der Waals surface area contributed by atoms with Crippen LogP contribution < -0.4 is 11.1 Å². The maximum absolute atomic E-state index is 11.6. The molecule has 17 heavy (non-hydrogen) atoms. The summed E-state index contributed by atoms with van der Waals surface area (Å²) in [5, 5.41) is 2.71. The third kappa shape index (κ3) is 4.44. The van der Waals surface area contributed by atoms with Gasteiger partial charge in [-0.25, -0.2) is 4.79 Å². The van der Waals surface area contributed by atoms with Crippen molar-refractivity contribution >= 4 is 11.8 Å². The summed E-state index contributed by atoms with van der Waals surface area (Å²) in [6.45, 7) is 7.34. The van der Waals surface area contributed by atoms with Gasteiger partial charge in [0.15, 0.2) is 0 Å². The zero-order chi connectivity index (χ0) is 13.1. The number of hydrogen-bond acceptors (Lipinski definition) is 3. The Morgan fingerprint density at radius 2 is 1.94 bits per heavy atom. The standard InChI is InChI=1S/C13H20N2O2/c1-9(14)10-7-5-6-8-11(10)15-12(16)17-13(2,3)4/h5-9H,14H2,1-4H3,(H,15,16)/t9-/m0/s1. The minimum atomic E-state index is -0.507. The quantitative estimate of drug-likeness (QED) is 0.829. The van der Waals surface area contributed by atoms with Gasteiger partial charge in [-0.15, -0.1) is 0 Å². The van der Waals surface area contributed by atoms with Gasteiger partial charge in [-0.05, 0) is 39.3 Å². The molecular weight excluding hydrogens is 216 g/mol. The number of amides is 1. The van der Waals surface area contributed by atoms with Crippen LogP contribution in [-0.4, -0.2) is 11.7 Å². The maximum Gasteiger partial charge on any atom is 0.412 e. The minimum absolute atomic E-state index is 0.138. The predicted octanol–water partition coefficient (Wildman–Crippen LogP) is 3.05. The number of nitrogens with two attached hydrogens (primary N) is 1. The first kappa shape index (κ1) is 13.5. The fraction of sp³-hybridized carbons (Fsp3) is 0.462. The van der Waals surface area contributed by atoms with Crippen LogP contribution in [0.25, 0.3) is 0 Å². The highest BCUT2D eigenvalue weighted by Crippen LogP contribution is 2.21. The van der Waals surface area contributed by atoms with Gasteiger partial charge in [-0.1, -0.05) is 18.2 Å². The van der Waals surface area contributed by atoms with Crippen LogP contribution in [0.1, 0.15) is 39.3 Å². The molecule has 0 saturated heterocycles. The highest BCUT2D eigenvalue weighted by Gasteiger charge is 2.17. The smallest absolute Gasteiger partial charge is 0.412 e. The van der Waals surface area contributed by atoms with E-state index < -0.39 is 11.7 Å². The van der Waals surface area contributed by atoms with E-state index in [9.17, 15) is 4.79 Å². The third-order valence-corrected chi connectivity index (χ3v) is 2.09. The molecule has 1 aromatic rings. The zero-order valence-electron chi connectivity index (χ0n) is 10.8. The second kappa shape index (κ2) is 5.19. The van der Waals surface area contributed by atoms with Gasteiger partial charge in [0.2, 0.25) is 0 Å². The maximum atomic E-state index is 11.6. The minimum Gasteiger partial charge on any atom is -0.444 e. The molecule has 1 aromatic carbocycles. The van der Waals surface area contributed by atoms with Crippen LogP contribution in [0.2, 0.25) is 0 Å². The summed E-state index contributed by atoms with van der Waals surface area (Å²) >= 11 is 0. The monoisotopic (exact) mass is 236 g/mol. The first-order valence-corrected chi connectivity index (χ1v) is 5.64. The number of para-hydroxylation sites is 1. The number of hydrogen-bond donors (Lipinski definition) is 2. The Morgan fingerprint density at radius 1 is 1.35 bits per heavy atom. The summed E-state index contributed by atoms with van der Waals surface area (Å²) in [5.41, 5.74) is 6.90. The summed E-state index contributed by atoms with van der Waals surface area (Å²) in [5.74, 6) is 0. The first-order chi connectivity index (χ1) is 7.79. The molecular formula is C13H20N2O2. The average molecular weight is 236 g/mol. The van der Waals surface area contributed by atoms with Crippen molar-refractivity contribution in [1.82, 2.24) is 0 Å². The van der Waals surface area contributed by atoms with Crippen molar-refractivity contribution in [2.75, 3.05) is 5.32 Å². The van der Waals surface area contributed by atoms with Crippen LogP contribution >= 0.6 is 0 Å². The Kier molecular flexibility index (Phi) is 4.12. The van der Waals surface area contributed by atoms with Gasteiger partial charge in [-0.3, -0.25) is 5.32 Å². The lowest BCUT2D eigenvalue weighted by molar-refractivity contribution is 0.0636. The summed E-state index contributed by atoms with van der Waals surface area (Å²) in [6, 6.07) is 7.29. The Morgan fingerprint density at radius 3 is 2.47 bits per heavy atom. The molecule has 1 rings (SSSR count). The topological polar surface area (TPSA) is 64.3 Å². The Bertz CT molecular complexity index is 395. The molecule has 0 heterocycles. The highest BCUT2D eigenvalue weighted by atomic mass is 16.6. The zero-order valence-corrected chi connectivity index (χ0v) is 10.8. The number of rotatable bonds is 2. The largest absolute Gasteiger partial charge is 0.444 e. The SMILES string of the molecule is C[C@H](N)c1ccccc1NC(=O)OC(C)(C)C. The number of anilines is 1. The van der Waals surface area contributed by atoms with Gasteiger partial charge in [0.1, 0.15) is 5.60 Å². The van der Waals surface area contributed by atoms with E-state index in [1.807, 2.05) is 52.0 Å². The summed E-state index contributed by atoms with van der Waals surface area (Å²) in [6.07, 6.45) is -0.467. The fourth-order valence-electron chi connectivity index (χ4n) is 1.42. The van der Waals surface area contributed by atoms with Crippen LogP contribution in [-0.2, 0) is 4.74 Å². The molecule has 0 aliphatic heterocycles. The van der Waals surface area contributed by atoms with Crippen LogP contribution in [0.5, 0.6) is 0 Å². The lowest BCUT2D eigenvalue weighted by Gasteiger charge is -2.21. The number of nitrogens with one attached hydrogen (secondary N) is 1. The van der Waals surface area contributed by atoms with E-state index >= 15 is 0 Å². The molecule has 0 spiro atoms. The summed E-state index contributed by atoms with van der Waals surface area (Å²) in [4.78, 5) is 11.6. The molecule has 0 saturated carbocycles. The van der Waals surface area contributed by atoms with Crippen molar-refractivity contribution < 1.29 is 9.53 Å². The number of carbonyl (C=O) groups is 1. The van der Waals surface area contributed by atoms with Gasteiger partial charge < -0.3 is 10.5 Å². The molecule has 4 nitrogen and oxygen atoms in total. The van der Waals surface area contributed by atoms with E-state index in [-0.39, 0.29) is 6.04 Å². The number of ether oxygens (including phenoxy) is 1. The van der Waals surface area contributed by atoms with Crippen molar-refractivity contribution in [1.29, 1.82) is 0 Å². The van der Waals surface area contributed by atoms with E-state index in [2.05, 4.69) is 5.32 Å². The van der Waals surface area contributed by atoms with E-state index in [4.69, 9.17) is 10.5 Å². The fourth-order valence-corrected chi connectivity index (χ4v) is 1.42. The molecule has 0 unspecified atom stereocenters. The molecule has 4 heteroatoms. The molecule has 0 aliphatic carbocycles. The second-order valence-electron chi connectivity index (χ2n) is 5.00. The molecule has 1 atom stereocenters. The third-order valence-electron chi connectivity index (χ3n) is 2.09. The Balaban J connectivity index is 2.78. The molecule has 3 N–H and O–H groups in total. The van der Waals surface area contributed by atoms with E-state index in [1.54, 1.807) is 0 Å². The second-order valence-corrected chi connectivity index (χ2v) is 5.00. The van der Waals surface area contributed by atoms with Crippen molar-refractivity contribution in [3.63, 3.8) is 0 Å². The number of carbonyl (C=O) groups excluding carboxylic acids is 1. The lowest BCUT2D eigenvalue weighted by atomic mass is 10.1. The van der Waals surface area contributed by atoms with Gasteiger partial charge in [0.25, 0.3) is 0 Å². The van der Waals surface area contributed by atoms with Crippen molar-refractivity contribution in [2.45, 2.75) is 39.3 Å². The average Bonchev–Trinajstić information content (AvgIpc) is 2.14. The van der Waals surface area contributed by atoms with Crippen molar-refractivity contribution in [2.24, 2.45) is 5.73 Å². The van der Waals surface area contributed by atoms with E-state index in [1.165, 1.54) is 0 Å². The van der Waals surface area contributed by atoms with Crippen LogP contribution in [0.3, 0.4) is 0 Å². The Hall–Kier alpha value is -1.55. The summed E-state index contributed by atoms with van der Waals surface area (Å²) < 4.78 is 5.19. The molecule has 1 amide bonds. The van der Waals surface area contributed by atoms with E-state index in [0.717, 1.165) is 5.56 Å². The molecule has 0 radical (unpaired) electrons. The first-order valence-electron chi connectivity index (χ1n) is 5.64. The van der Waals surface area contributed by atoms with Gasteiger partial charge >= 0.3 is 6.09 Å². The van der Waals surface area contributed by atoms with Gasteiger partial charge in [-0.2, -0.15) is 0 Å².